The van der Waals surface area contributed by atoms with Crippen molar-refractivity contribution in [2.45, 2.75) is 43.7 Å². The summed E-state index contributed by atoms with van der Waals surface area (Å²) >= 11 is 13.0. The molecule has 4 heterocycles. The van der Waals surface area contributed by atoms with E-state index >= 15 is 0 Å². The van der Waals surface area contributed by atoms with Crippen LogP contribution in [0.5, 0.6) is 11.5 Å². The SMILES string of the molecule is COc1ccc([C@@H](Cc2c(Cl)c[n+]([O-])cc2Cl)C(C(=O)O)c2ccc(CN(C(=O)O[C@H]3CN4CCC3CC4)c3ccccc3)cc2)cc1OC. The zero-order valence-corrected chi connectivity index (χ0v) is 29.3. The number of hydrogen-bond donors (Lipinski definition) is 1. The van der Waals surface area contributed by atoms with Crippen LogP contribution in [0.4, 0.5) is 10.5 Å². The van der Waals surface area contributed by atoms with E-state index in [4.69, 9.17) is 37.4 Å². The minimum atomic E-state index is -1.06. The number of carboxylic acids is 1. The van der Waals surface area contributed by atoms with Gasteiger partial charge in [0.2, 0.25) is 0 Å². The number of carboxylic acid groups (broad SMARTS) is 1. The van der Waals surface area contributed by atoms with Gasteiger partial charge in [-0.2, -0.15) is 4.73 Å². The molecule has 0 spiro atoms. The molecule has 1 amide bonds. The Morgan fingerprint density at radius 3 is 2.16 bits per heavy atom. The van der Waals surface area contributed by atoms with E-state index in [1.54, 1.807) is 35.2 Å². The number of amides is 1. The molecule has 1 N–H and O–H groups in total. The van der Waals surface area contributed by atoms with Gasteiger partial charge in [-0.05, 0) is 79.2 Å². The number of aliphatic carboxylic acids is 1. The van der Waals surface area contributed by atoms with Gasteiger partial charge in [0.15, 0.2) is 23.9 Å². The number of piperidine rings is 3. The van der Waals surface area contributed by atoms with Gasteiger partial charge in [-0.1, -0.05) is 71.7 Å². The van der Waals surface area contributed by atoms with E-state index in [1.807, 2.05) is 42.5 Å². The standard InChI is InChI=1S/C38H39Cl2N3O7/c1-48-33-13-12-27(18-34(33)49-2)29(19-30-31(39)21-42(47)22-32(30)40)36(37(44)45)26-10-8-24(9-11-26)20-43(28-6-4-3-5-7-28)38(46)50-35-23-41-16-14-25(35)15-17-41/h3-13,18,21-22,25,29,35-36H,14-17,19-20,23H2,1-2H3,(H,44,45)/t29-,35+,36?/m1/s1. The maximum absolute atomic E-state index is 13.7. The van der Waals surface area contributed by atoms with Gasteiger partial charge < -0.3 is 24.5 Å². The van der Waals surface area contributed by atoms with Crippen LogP contribution in [0.3, 0.4) is 0 Å². The number of halogens is 2. The number of methoxy groups -OCH3 is 2. The number of fused-ring (bicyclic) bond motifs is 3. The Labute approximate surface area is 301 Å². The molecule has 3 aromatic carbocycles. The molecule has 4 aromatic rings. The molecule has 12 heteroatoms. The second-order valence-corrected chi connectivity index (χ2v) is 13.6. The second-order valence-electron chi connectivity index (χ2n) is 12.8. The van der Waals surface area contributed by atoms with Gasteiger partial charge in [-0.15, -0.1) is 0 Å². The smallest absolute Gasteiger partial charge is 0.414 e. The number of ether oxygens (including phenoxy) is 3. The first kappa shape index (κ1) is 35.3. The maximum atomic E-state index is 13.7. The summed E-state index contributed by atoms with van der Waals surface area (Å²) in [6, 6.07) is 21.8. The quantitative estimate of drug-likeness (QED) is 0.122. The first-order chi connectivity index (χ1) is 24.1. The number of para-hydroxylation sites is 1. The Kier molecular flexibility index (Phi) is 11.0. The van der Waals surface area contributed by atoms with Crippen LogP contribution in [0.15, 0.2) is 85.2 Å². The van der Waals surface area contributed by atoms with Crippen LogP contribution in [-0.2, 0) is 22.5 Å². The molecule has 1 aromatic heterocycles. The lowest BCUT2D eigenvalue weighted by Gasteiger charge is -2.44. The van der Waals surface area contributed by atoms with Crippen LogP contribution in [0.25, 0.3) is 0 Å². The van der Waals surface area contributed by atoms with E-state index < -0.39 is 23.9 Å². The fourth-order valence-electron chi connectivity index (χ4n) is 7.12. The molecular weight excluding hydrogens is 681 g/mol. The number of pyridine rings is 1. The summed E-state index contributed by atoms with van der Waals surface area (Å²) < 4.78 is 17.6. The van der Waals surface area contributed by atoms with E-state index in [2.05, 4.69) is 4.90 Å². The highest BCUT2D eigenvalue weighted by molar-refractivity contribution is 6.35. The molecule has 7 rings (SSSR count). The van der Waals surface area contributed by atoms with Gasteiger partial charge in [0.1, 0.15) is 16.1 Å². The van der Waals surface area contributed by atoms with E-state index in [-0.39, 0.29) is 29.1 Å². The number of benzene rings is 3. The molecule has 0 saturated carbocycles. The highest BCUT2D eigenvalue weighted by atomic mass is 35.5. The highest BCUT2D eigenvalue weighted by Crippen LogP contribution is 2.42. The van der Waals surface area contributed by atoms with Crippen molar-refractivity contribution in [1.29, 1.82) is 0 Å². The van der Waals surface area contributed by atoms with Crippen LogP contribution >= 0.6 is 23.2 Å². The summed E-state index contributed by atoms with van der Waals surface area (Å²) in [4.78, 5) is 30.8. The lowest BCUT2D eigenvalue weighted by Crippen LogP contribution is -2.53. The number of carbonyl (C=O) groups excluding carboxylic acids is 1. The number of aromatic nitrogens is 1. The zero-order chi connectivity index (χ0) is 35.4. The maximum Gasteiger partial charge on any atom is 0.414 e. The van der Waals surface area contributed by atoms with E-state index in [1.165, 1.54) is 26.6 Å². The molecule has 3 atom stereocenters. The van der Waals surface area contributed by atoms with Crippen LogP contribution in [-0.4, -0.2) is 62.0 Å². The summed E-state index contributed by atoms with van der Waals surface area (Å²) in [5.41, 5.74) is 3.13. The number of anilines is 1. The van der Waals surface area contributed by atoms with E-state index in [0.717, 1.165) is 38.0 Å². The Morgan fingerprint density at radius 2 is 1.58 bits per heavy atom. The Bertz CT molecular complexity index is 1790. The summed E-state index contributed by atoms with van der Waals surface area (Å²) in [5, 5.41) is 23.0. The van der Waals surface area contributed by atoms with Gasteiger partial charge in [0, 0.05) is 23.7 Å². The van der Waals surface area contributed by atoms with Gasteiger partial charge in [0.05, 0.1) is 26.7 Å². The number of carbonyl (C=O) groups is 2. The Morgan fingerprint density at radius 1 is 0.940 bits per heavy atom. The molecule has 3 saturated heterocycles. The van der Waals surface area contributed by atoms with E-state index in [9.17, 15) is 19.9 Å². The average molecular weight is 721 g/mol. The van der Waals surface area contributed by atoms with Crippen LogP contribution in [0.2, 0.25) is 10.0 Å². The van der Waals surface area contributed by atoms with Crippen molar-refractivity contribution in [3.63, 3.8) is 0 Å². The predicted molar refractivity (Wildman–Crippen MR) is 190 cm³/mol. The Balaban J connectivity index is 1.31. The second kappa shape index (κ2) is 15.6. The lowest BCUT2D eigenvalue weighted by atomic mass is 9.77. The molecular formula is C38H39Cl2N3O7. The number of hydrogen-bond acceptors (Lipinski definition) is 7. The average Bonchev–Trinajstić information content (AvgIpc) is 3.12. The van der Waals surface area contributed by atoms with Gasteiger partial charge in [0.25, 0.3) is 0 Å². The first-order valence-electron chi connectivity index (χ1n) is 16.5. The number of nitrogens with zero attached hydrogens (tertiary/aromatic N) is 3. The van der Waals surface area contributed by atoms with Gasteiger partial charge >= 0.3 is 12.1 Å². The molecule has 1 unspecified atom stereocenters. The Hall–Kier alpha value is -4.51. The van der Waals surface area contributed by atoms with E-state index in [0.29, 0.717) is 44.5 Å². The van der Waals surface area contributed by atoms with Crippen molar-refractivity contribution in [2.75, 3.05) is 38.8 Å². The zero-order valence-electron chi connectivity index (χ0n) is 27.8. The monoisotopic (exact) mass is 719 g/mol. The van der Waals surface area contributed by atoms with Crippen LogP contribution in [0, 0.1) is 11.1 Å². The van der Waals surface area contributed by atoms with Crippen molar-refractivity contribution in [1.82, 2.24) is 4.90 Å². The topological polar surface area (TPSA) is 115 Å². The molecule has 3 aliphatic heterocycles. The van der Waals surface area contributed by atoms with Gasteiger partial charge in [-0.3, -0.25) is 14.6 Å². The third-order valence-electron chi connectivity index (χ3n) is 9.80. The van der Waals surface area contributed by atoms with Crippen LogP contribution in [0.1, 0.15) is 46.9 Å². The molecule has 0 aliphatic carbocycles. The summed E-state index contributed by atoms with van der Waals surface area (Å²) in [6.45, 7) is 3.07. The first-order valence-corrected chi connectivity index (χ1v) is 17.3. The molecule has 3 aliphatic rings. The highest BCUT2D eigenvalue weighted by Gasteiger charge is 2.38. The third-order valence-corrected chi connectivity index (χ3v) is 10.5. The fraction of sp³-hybridized carbons (Fsp3) is 0.342. The molecule has 0 radical (unpaired) electrons. The molecule has 3 fully saturated rings. The van der Waals surface area contributed by atoms with Crippen LogP contribution < -0.4 is 19.1 Å². The minimum absolute atomic E-state index is 0.111. The number of rotatable bonds is 12. The van der Waals surface area contributed by atoms with Crippen molar-refractivity contribution < 1.29 is 33.6 Å². The lowest BCUT2D eigenvalue weighted by molar-refractivity contribution is -0.605. The fourth-order valence-corrected chi connectivity index (χ4v) is 7.72. The van der Waals surface area contributed by atoms with Crippen molar-refractivity contribution in [3.05, 3.63) is 123 Å². The molecule has 50 heavy (non-hydrogen) atoms. The molecule has 2 bridgehead atoms. The summed E-state index contributed by atoms with van der Waals surface area (Å²) in [5.74, 6) is -1.51. The van der Waals surface area contributed by atoms with Crippen molar-refractivity contribution in [3.8, 4) is 11.5 Å². The normalized spacial score (nSPS) is 19.3. The molecule has 10 nitrogen and oxygen atoms in total. The summed E-state index contributed by atoms with van der Waals surface area (Å²) in [6.07, 6.45) is 4.00. The predicted octanol–water partition coefficient (Wildman–Crippen LogP) is 7.08. The largest absolute Gasteiger partial charge is 0.619 e. The third kappa shape index (κ3) is 7.78. The van der Waals surface area contributed by atoms with Crippen molar-refractivity contribution >= 4 is 41.0 Å². The molecule has 262 valence electrons. The minimum Gasteiger partial charge on any atom is -0.619 e. The van der Waals surface area contributed by atoms with Crippen molar-refractivity contribution in [2.24, 2.45) is 5.92 Å². The van der Waals surface area contributed by atoms with Gasteiger partial charge in [-0.25, -0.2) is 4.79 Å². The summed E-state index contributed by atoms with van der Waals surface area (Å²) in [7, 11) is 3.03.